The van der Waals surface area contributed by atoms with Gasteiger partial charge in [-0.1, -0.05) is 41.9 Å². The van der Waals surface area contributed by atoms with Gasteiger partial charge in [0.1, 0.15) is 17.3 Å². The Morgan fingerprint density at radius 3 is 2.57 bits per heavy atom. The lowest BCUT2D eigenvalue weighted by Crippen LogP contribution is -2.30. The van der Waals surface area contributed by atoms with E-state index >= 15 is 0 Å². The Hall–Kier alpha value is -3.64. The summed E-state index contributed by atoms with van der Waals surface area (Å²) in [7, 11) is 1.51. The summed E-state index contributed by atoms with van der Waals surface area (Å²) in [6, 6.07) is 17.7. The molecule has 0 bridgehead atoms. The molecular formula is C23H17ClN2O4. The minimum Gasteiger partial charge on any atom is -0.507 e. The van der Waals surface area contributed by atoms with E-state index in [1.54, 1.807) is 66.7 Å². The molecule has 0 saturated carbocycles. The first-order valence-electron chi connectivity index (χ1n) is 9.13. The number of Topliss-reactive ketones (excluding diaryl/α,β-unsaturated/α-hetero) is 1. The van der Waals surface area contributed by atoms with E-state index in [0.29, 0.717) is 27.7 Å². The first kappa shape index (κ1) is 19.7. The van der Waals surface area contributed by atoms with Gasteiger partial charge in [0.15, 0.2) is 0 Å². The fourth-order valence-corrected chi connectivity index (χ4v) is 3.68. The van der Waals surface area contributed by atoms with Crippen molar-refractivity contribution in [2.45, 2.75) is 6.04 Å². The predicted molar refractivity (Wildman–Crippen MR) is 113 cm³/mol. The Balaban J connectivity index is 1.95. The van der Waals surface area contributed by atoms with E-state index in [0.717, 1.165) is 0 Å². The number of benzene rings is 2. The second-order valence-corrected chi connectivity index (χ2v) is 7.08. The number of ether oxygens (including phenoxy) is 1. The predicted octanol–water partition coefficient (Wildman–Crippen LogP) is 4.37. The minimum atomic E-state index is -0.884. The second-order valence-electron chi connectivity index (χ2n) is 6.64. The van der Waals surface area contributed by atoms with E-state index in [-0.39, 0.29) is 11.3 Å². The minimum absolute atomic E-state index is 0.0406. The standard InChI is InChI=1S/C23H17ClN2O4/c1-30-17-9-5-7-15(13-17)21(27)19-20(14-6-4-8-16(24)12-14)26(23(29)22(19)28)18-10-2-3-11-25-18/h2-13,20,27H,1H3/b21-19+. The monoisotopic (exact) mass is 420 g/mol. The molecule has 1 aliphatic rings. The fraction of sp³-hybridized carbons (Fsp3) is 0.0870. The molecule has 30 heavy (non-hydrogen) atoms. The van der Waals surface area contributed by atoms with Gasteiger partial charge in [0.05, 0.1) is 18.7 Å². The van der Waals surface area contributed by atoms with Crippen LogP contribution >= 0.6 is 11.6 Å². The summed E-state index contributed by atoms with van der Waals surface area (Å²) in [6.07, 6.45) is 1.53. The van der Waals surface area contributed by atoms with Gasteiger partial charge in [-0.3, -0.25) is 14.5 Å². The van der Waals surface area contributed by atoms with E-state index in [2.05, 4.69) is 4.98 Å². The Labute approximate surface area is 178 Å². The molecule has 1 amide bonds. The number of aliphatic hydroxyl groups is 1. The van der Waals surface area contributed by atoms with Gasteiger partial charge in [-0.05, 0) is 42.0 Å². The number of rotatable bonds is 4. The fourth-order valence-electron chi connectivity index (χ4n) is 3.48. The van der Waals surface area contributed by atoms with Crippen LogP contribution in [0.1, 0.15) is 17.2 Å². The third-order valence-electron chi connectivity index (χ3n) is 4.85. The van der Waals surface area contributed by atoms with Gasteiger partial charge in [0, 0.05) is 16.8 Å². The summed E-state index contributed by atoms with van der Waals surface area (Å²) in [4.78, 5) is 31.5. The normalized spacial score (nSPS) is 17.9. The lowest BCUT2D eigenvalue weighted by atomic mass is 9.95. The third-order valence-corrected chi connectivity index (χ3v) is 5.08. The Morgan fingerprint density at radius 1 is 1.07 bits per heavy atom. The van der Waals surface area contributed by atoms with Gasteiger partial charge < -0.3 is 9.84 Å². The molecule has 4 rings (SSSR count). The maximum absolute atomic E-state index is 13.0. The Kier molecular flexibility index (Phi) is 5.25. The number of aromatic nitrogens is 1. The number of nitrogens with zero attached hydrogens (tertiary/aromatic N) is 2. The summed E-state index contributed by atoms with van der Waals surface area (Å²) in [5, 5.41) is 11.5. The summed E-state index contributed by atoms with van der Waals surface area (Å²) < 4.78 is 5.21. The first-order valence-corrected chi connectivity index (χ1v) is 9.51. The highest BCUT2D eigenvalue weighted by atomic mass is 35.5. The van der Waals surface area contributed by atoms with Crippen LogP contribution in [-0.4, -0.2) is 28.9 Å². The lowest BCUT2D eigenvalue weighted by Gasteiger charge is -2.24. The zero-order chi connectivity index (χ0) is 21.3. The van der Waals surface area contributed by atoms with Crippen molar-refractivity contribution >= 4 is 34.9 Å². The molecule has 1 atom stereocenters. The Bertz CT molecular complexity index is 1160. The van der Waals surface area contributed by atoms with Crippen LogP contribution in [0.2, 0.25) is 5.02 Å². The van der Waals surface area contributed by atoms with Crippen molar-refractivity contribution in [1.29, 1.82) is 0 Å². The summed E-state index contributed by atoms with van der Waals surface area (Å²) in [6.45, 7) is 0. The maximum Gasteiger partial charge on any atom is 0.301 e. The van der Waals surface area contributed by atoms with Crippen LogP contribution in [0.25, 0.3) is 5.76 Å². The highest BCUT2D eigenvalue weighted by Gasteiger charge is 2.47. The molecule has 1 saturated heterocycles. The van der Waals surface area contributed by atoms with Gasteiger partial charge in [-0.15, -0.1) is 0 Å². The number of carbonyl (C=O) groups is 2. The second kappa shape index (κ2) is 8.00. The highest BCUT2D eigenvalue weighted by Crippen LogP contribution is 2.42. The van der Waals surface area contributed by atoms with Gasteiger partial charge in [0.2, 0.25) is 0 Å². The molecule has 0 aliphatic carbocycles. The molecule has 150 valence electrons. The van der Waals surface area contributed by atoms with Crippen LogP contribution in [-0.2, 0) is 9.59 Å². The molecule has 2 heterocycles. The first-order chi connectivity index (χ1) is 14.5. The average molecular weight is 421 g/mol. The molecule has 6 nitrogen and oxygen atoms in total. The van der Waals surface area contributed by atoms with Crippen LogP contribution in [0.15, 0.2) is 78.5 Å². The number of halogens is 1. The third kappa shape index (κ3) is 3.42. The van der Waals surface area contributed by atoms with Gasteiger partial charge in [-0.25, -0.2) is 4.98 Å². The van der Waals surface area contributed by atoms with Crippen molar-refractivity contribution in [2.75, 3.05) is 12.0 Å². The van der Waals surface area contributed by atoms with Crippen molar-refractivity contribution in [2.24, 2.45) is 0 Å². The number of hydrogen-bond donors (Lipinski definition) is 1. The molecule has 1 fully saturated rings. The van der Waals surface area contributed by atoms with E-state index in [9.17, 15) is 14.7 Å². The maximum atomic E-state index is 13.0. The summed E-state index contributed by atoms with van der Waals surface area (Å²) in [5.74, 6) is -1.06. The summed E-state index contributed by atoms with van der Waals surface area (Å²) in [5.41, 5.74) is 0.901. The van der Waals surface area contributed by atoms with Crippen molar-refractivity contribution < 1.29 is 19.4 Å². The molecule has 0 radical (unpaired) electrons. The quantitative estimate of drug-likeness (QED) is 0.385. The van der Waals surface area contributed by atoms with Crippen LogP contribution in [0.5, 0.6) is 5.75 Å². The van der Waals surface area contributed by atoms with Crippen molar-refractivity contribution in [3.63, 3.8) is 0 Å². The number of methoxy groups -OCH3 is 1. The molecule has 0 spiro atoms. The van der Waals surface area contributed by atoms with Crippen LogP contribution in [0.4, 0.5) is 5.82 Å². The van der Waals surface area contributed by atoms with E-state index in [4.69, 9.17) is 16.3 Å². The molecule has 1 aromatic heterocycles. The van der Waals surface area contributed by atoms with Crippen molar-refractivity contribution in [1.82, 2.24) is 4.98 Å². The van der Waals surface area contributed by atoms with Gasteiger partial charge >= 0.3 is 5.91 Å². The number of ketones is 1. The van der Waals surface area contributed by atoms with E-state index < -0.39 is 17.7 Å². The zero-order valence-corrected chi connectivity index (χ0v) is 16.7. The topological polar surface area (TPSA) is 79.7 Å². The van der Waals surface area contributed by atoms with Crippen molar-refractivity contribution in [3.05, 3.63) is 94.6 Å². The molecule has 1 aliphatic heterocycles. The number of amides is 1. The smallest absolute Gasteiger partial charge is 0.301 e. The van der Waals surface area contributed by atoms with Crippen LogP contribution in [0, 0.1) is 0 Å². The van der Waals surface area contributed by atoms with E-state index in [1.807, 2.05) is 0 Å². The molecular weight excluding hydrogens is 404 g/mol. The lowest BCUT2D eigenvalue weighted by molar-refractivity contribution is -0.132. The molecule has 3 aromatic rings. The summed E-state index contributed by atoms with van der Waals surface area (Å²) >= 11 is 6.17. The highest BCUT2D eigenvalue weighted by molar-refractivity contribution is 6.51. The number of anilines is 1. The SMILES string of the molecule is COc1cccc(/C(O)=C2\C(=O)C(=O)N(c3ccccn3)C2c2cccc(Cl)c2)c1. The molecule has 1 N–H and O–H groups in total. The van der Waals surface area contributed by atoms with Gasteiger partial charge in [-0.2, -0.15) is 0 Å². The molecule has 1 unspecified atom stereocenters. The van der Waals surface area contributed by atoms with Crippen LogP contribution in [0.3, 0.4) is 0 Å². The molecule has 2 aromatic carbocycles. The average Bonchev–Trinajstić information content (AvgIpc) is 3.04. The number of carbonyl (C=O) groups excluding carboxylic acids is 2. The van der Waals surface area contributed by atoms with E-state index in [1.165, 1.54) is 18.2 Å². The number of pyridine rings is 1. The van der Waals surface area contributed by atoms with Gasteiger partial charge in [0.25, 0.3) is 5.78 Å². The number of aliphatic hydroxyl groups excluding tert-OH is 1. The largest absolute Gasteiger partial charge is 0.507 e. The number of hydrogen-bond acceptors (Lipinski definition) is 5. The molecule has 7 heteroatoms. The Morgan fingerprint density at radius 2 is 1.87 bits per heavy atom. The zero-order valence-electron chi connectivity index (χ0n) is 15.9. The van der Waals surface area contributed by atoms with Crippen LogP contribution < -0.4 is 9.64 Å². The van der Waals surface area contributed by atoms with Crippen molar-refractivity contribution in [3.8, 4) is 5.75 Å².